The summed E-state index contributed by atoms with van der Waals surface area (Å²) in [5, 5.41) is 2.69. The lowest BCUT2D eigenvalue weighted by atomic mass is 10.2. The Bertz CT molecular complexity index is 1160. The number of hydrogen-bond donors (Lipinski definition) is 1. The number of benzene rings is 1. The summed E-state index contributed by atoms with van der Waals surface area (Å²) in [7, 11) is -1.51. The number of amides is 1. The van der Waals surface area contributed by atoms with Crippen LogP contribution in [0, 0.1) is 13.8 Å². The minimum Gasteiger partial charge on any atom is -0.354 e. The molecule has 0 radical (unpaired) electrons. The molecule has 10 nitrogen and oxygen atoms in total. The number of hydrogen-bond acceptors (Lipinski definition) is 8. The summed E-state index contributed by atoms with van der Waals surface area (Å²) in [4.78, 5) is 27.6. The topological polar surface area (TPSA) is 102 Å². The molecule has 1 aromatic carbocycles. The van der Waals surface area contributed by atoms with Gasteiger partial charge in [0, 0.05) is 71.0 Å². The molecule has 11 heteroatoms. The third kappa shape index (κ3) is 5.31. The molecule has 2 aliphatic heterocycles. The van der Waals surface area contributed by atoms with Gasteiger partial charge in [0.15, 0.2) is 0 Å². The van der Waals surface area contributed by atoms with Crippen LogP contribution in [0.2, 0.25) is 0 Å². The zero-order valence-electron chi connectivity index (χ0n) is 20.3. The van der Waals surface area contributed by atoms with Crippen molar-refractivity contribution in [2.24, 2.45) is 0 Å². The number of piperazine rings is 2. The quantitative estimate of drug-likeness (QED) is 0.674. The van der Waals surface area contributed by atoms with Crippen LogP contribution in [0.1, 0.15) is 18.3 Å². The highest BCUT2D eigenvalue weighted by Gasteiger charge is 2.30. The van der Waals surface area contributed by atoms with Crippen LogP contribution in [0.5, 0.6) is 0 Å². The van der Waals surface area contributed by atoms with Crippen molar-refractivity contribution in [3.05, 3.63) is 35.7 Å². The number of carbonyl (C=O) groups is 1. The second-order valence-corrected chi connectivity index (χ2v) is 10.9. The number of nitrogens with one attached hydrogen (secondary N) is 1. The molecule has 2 saturated heterocycles. The van der Waals surface area contributed by atoms with Gasteiger partial charge < -0.3 is 20.0 Å². The van der Waals surface area contributed by atoms with E-state index < -0.39 is 10.0 Å². The Balaban J connectivity index is 1.45. The smallest absolute Gasteiger partial charge is 0.243 e. The lowest BCUT2D eigenvalue weighted by Crippen LogP contribution is -2.49. The molecule has 34 heavy (non-hydrogen) atoms. The first-order chi connectivity index (χ1) is 16.1. The van der Waals surface area contributed by atoms with Crippen molar-refractivity contribution in [1.29, 1.82) is 0 Å². The Morgan fingerprint density at radius 1 is 0.882 bits per heavy atom. The van der Waals surface area contributed by atoms with E-state index in [9.17, 15) is 13.2 Å². The normalized spacial score (nSPS) is 18.2. The predicted molar refractivity (Wildman–Crippen MR) is 133 cm³/mol. The van der Waals surface area contributed by atoms with Crippen LogP contribution in [0.25, 0.3) is 0 Å². The van der Waals surface area contributed by atoms with Crippen LogP contribution < -0.4 is 15.1 Å². The minimum absolute atomic E-state index is 0.193. The first-order valence-electron chi connectivity index (χ1n) is 11.6. The fourth-order valence-electron chi connectivity index (χ4n) is 4.41. The molecule has 2 aromatic rings. The number of aromatic nitrogens is 2. The maximum Gasteiger partial charge on any atom is 0.243 e. The van der Waals surface area contributed by atoms with E-state index in [4.69, 9.17) is 0 Å². The molecule has 1 amide bonds. The average Bonchev–Trinajstić information content (AvgIpc) is 2.78. The van der Waals surface area contributed by atoms with E-state index in [0.29, 0.717) is 37.4 Å². The number of sulfonamides is 1. The van der Waals surface area contributed by atoms with Crippen LogP contribution in [0.15, 0.2) is 29.2 Å². The van der Waals surface area contributed by atoms with Crippen LogP contribution in [-0.2, 0) is 14.8 Å². The number of likely N-dealkylation sites (N-methyl/N-ethyl adjacent to an activating group) is 1. The summed E-state index contributed by atoms with van der Waals surface area (Å²) in [5.41, 5.74) is 1.20. The van der Waals surface area contributed by atoms with E-state index in [-0.39, 0.29) is 10.8 Å². The van der Waals surface area contributed by atoms with Crippen LogP contribution in [0.4, 0.5) is 17.3 Å². The third-order valence-corrected chi connectivity index (χ3v) is 8.37. The molecule has 0 aliphatic carbocycles. The SMILES string of the molecule is CC(=O)Nc1ccc(S(=O)(=O)N2CCN(c3cc(N4CCN(C)CC4)nc(C)n3)CC2)c(C)c1. The highest BCUT2D eigenvalue weighted by Crippen LogP contribution is 2.26. The van der Waals surface area contributed by atoms with Gasteiger partial charge in [-0.1, -0.05) is 0 Å². The van der Waals surface area contributed by atoms with Gasteiger partial charge in [-0.25, -0.2) is 18.4 Å². The van der Waals surface area contributed by atoms with Crippen molar-refractivity contribution in [1.82, 2.24) is 19.2 Å². The lowest BCUT2D eigenvalue weighted by molar-refractivity contribution is -0.114. The molecular formula is C23H33N7O3S. The van der Waals surface area contributed by atoms with Gasteiger partial charge >= 0.3 is 0 Å². The molecule has 2 aliphatic rings. The summed E-state index contributed by atoms with van der Waals surface area (Å²) < 4.78 is 28.1. The van der Waals surface area contributed by atoms with Gasteiger partial charge in [0.05, 0.1) is 4.90 Å². The van der Waals surface area contributed by atoms with Gasteiger partial charge in [0.25, 0.3) is 0 Å². The highest BCUT2D eigenvalue weighted by molar-refractivity contribution is 7.89. The first kappa shape index (κ1) is 24.4. The fraction of sp³-hybridized carbons (Fsp3) is 0.522. The second kappa shape index (κ2) is 9.85. The first-order valence-corrected chi connectivity index (χ1v) is 13.0. The van der Waals surface area contributed by atoms with Crippen molar-refractivity contribution >= 4 is 33.3 Å². The summed E-state index contributed by atoms with van der Waals surface area (Å²) in [6.45, 7) is 10.8. The monoisotopic (exact) mass is 487 g/mol. The Labute approximate surface area is 201 Å². The van der Waals surface area contributed by atoms with E-state index in [2.05, 4.69) is 37.0 Å². The zero-order chi connectivity index (χ0) is 24.5. The predicted octanol–water partition coefficient (Wildman–Crippen LogP) is 1.31. The van der Waals surface area contributed by atoms with Crippen molar-refractivity contribution in [2.75, 3.05) is 74.5 Å². The molecule has 0 saturated carbocycles. The van der Waals surface area contributed by atoms with Gasteiger partial charge in [-0.05, 0) is 44.7 Å². The number of rotatable bonds is 5. The van der Waals surface area contributed by atoms with E-state index in [1.165, 1.54) is 11.2 Å². The summed E-state index contributed by atoms with van der Waals surface area (Å²) >= 11 is 0. The van der Waals surface area contributed by atoms with Crippen molar-refractivity contribution in [3.8, 4) is 0 Å². The van der Waals surface area contributed by atoms with Gasteiger partial charge in [-0.2, -0.15) is 4.31 Å². The summed E-state index contributed by atoms with van der Waals surface area (Å²) in [5.74, 6) is 2.30. The highest BCUT2D eigenvalue weighted by atomic mass is 32.2. The van der Waals surface area contributed by atoms with E-state index in [1.807, 2.05) is 13.0 Å². The van der Waals surface area contributed by atoms with Crippen molar-refractivity contribution < 1.29 is 13.2 Å². The van der Waals surface area contributed by atoms with E-state index >= 15 is 0 Å². The van der Waals surface area contributed by atoms with Crippen LogP contribution >= 0.6 is 0 Å². The number of anilines is 3. The van der Waals surface area contributed by atoms with Crippen LogP contribution in [0.3, 0.4) is 0 Å². The van der Waals surface area contributed by atoms with Gasteiger partial charge in [0.1, 0.15) is 17.5 Å². The molecule has 2 fully saturated rings. The number of carbonyl (C=O) groups excluding carboxylic acids is 1. The Kier molecular flexibility index (Phi) is 7.06. The molecule has 0 bridgehead atoms. The number of aryl methyl sites for hydroxylation is 2. The Morgan fingerprint density at radius 3 is 1.97 bits per heavy atom. The van der Waals surface area contributed by atoms with Crippen LogP contribution in [-0.4, -0.2) is 92.9 Å². The van der Waals surface area contributed by atoms with Crippen molar-refractivity contribution in [3.63, 3.8) is 0 Å². The molecule has 4 rings (SSSR count). The fourth-order valence-corrected chi connectivity index (χ4v) is 6.04. The van der Waals surface area contributed by atoms with Crippen molar-refractivity contribution in [2.45, 2.75) is 25.7 Å². The average molecular weight is 488 g/mol. The van der Waals surface area contributed by atoms with Gasteiger partial charge in [-0.3, -0.25) is 4.79 Å². The maximum absolute atomic E-state index is 13.3. The van der Waals surface area contributed by atoms with E-state index in [1.54, 1.807) is 25.1 Å². The van der Waals surface area contributed by atoms with Gasteiger partial charge in [0.2, 0.25) is 15.9 Å². The Morgan fingerprint density at radius 2 is 1.44 bits per heavy atom. The second-order valence-electron chi connectivity index (χ2n) is 8.97. The lowest BCUT2D eigenvalue weighted by Gasteiger charge is -2.36. The molecule has 0 unspecified atom stereocenters. The number of nitrogens with zero attached hydrogens (tertiary/aromatic N) is 6. The molecule has 1 N–H and O–H groups in total. The molecule has 0 atom stereocenters. The molecular weight excluding hydrogens is 454 g/mol. The largest absolute Gasteiger partial charge is 0.354 e. The van der Waals surface area contributed by atoms with Gasteiger partial charge in [-0.15, -0.1) is 0 Å². The minimum atomic E-state index is -3.63. The standard InChI is InChI=1S/C23H33N7O3S/c1-17-15-20(26-19(3)31)5-6-21(17)34(32,33)30-13-11-29(12-14-30)23-16-22(24-18(2)25-23)28-9-7-27(4)8-10-28/h5-6,15-16H,7-14H2,1-4H3,(H,26,31). The summed E-state index contributed by atoms with van der Waals surface area (Å²) in [6, 6.07) is 6.90. The third-order valence-electron chi connectivity index (χ3n) is 6.31. The summed E-state index contributed by atoms with van der Waals surface area (Å²) in [6.07, 6.45) is 0. The molecule has 3 heterocycles. The molecule has 184 valence electrons. The van der Waals surface area contributed by atoms with E-state index in [0.717, 1.165) is 43.6 Å². The zero-order valence-corrected chi connectivity index (χ0v) is 21.1. The maximum atomic E-state index is 13.3. The Hall–Kier alpha value is -2.76. The molecule has 1 aromatic heterocycles. The molecule has 0 spiro atoms.